The number of esters is 2. The second kappa shape index (κ2) is 12.5. The molecule has 2 aromatic carbocycles. The van der Waals surface area contributed by atoms with Crippen molar-refractivity contribution in [1.82, 2.24) is 0 Å². The zero-order valence-corrected chi connectivity index (χ0v) is 16.1. The normalized spacial score (nSPS) is 10.4. The monoisotopic (exact) mass is 384 g/mol. The minimum absolute atomic E-state index is 0.130. The quantitative estimate of drug-likeness (QED) is 0.405. The molecule has 5 heteroatoms. The van der Waals surface area contributed by atoms with Gasteiger partial charge in [-0.2, -0.15) is 0 Å². The predicted octanol–water partition coefficient (Wildman–Crippen LogP) is 5.14. The minimum atomic E-state index is -0.356. The molecule has 0 bridgehead atoms. The van der Waals surface area contributed by atoms with Crippen molar-refractivity contribution >= 4 is 11.9 Å². The van der Waals surface area contributed by atoms with Crippen molar-refractivity contribution in [3.8, 4) is 5.75 Å². The van der Waals surface area contributed by atoms with Crippen LogP contribution in [0.2, 0.25) is 0 Å². The summed E-state index contributed by atoms with van der Waals surface area (Å²) in [4.78, 5) is 23.6. The summed E-state index contributed by atoms with van der Waals surface area (Å²) < 4.78 is 10.5. The number of carbonyl (C=O) groups is 2. The smallest absolute Gasteiger partial charge is 0.338 e. The van der Waals surface area contributed by atoms with Gasteiger partial charge in [0.15, 0.2) is 0 Å². The highest BCUT2D eigenvalue weighted by molar-refractivity contribution is 5.89. The summed E-state index contributed by atoms with van der Waals surface area (Å²) >= 11 is 0. The van der Waals surface area contributed by atoms with Gasteiger partial charge in [-0.1, -0.05) is 50.3 Å². The molecule has 2 rings (SSSR count). The number of carbonyl (C=O) groups excluding carboxylic acids is 2. The summed E-state index contributed by atoms with van der Waals surface area (Å²) in [6.45, 7) is 0.871. The topological polar surface area (TPSA) is 72.8 Å². The average molecular weight is 384 g/mol. The molecule has 5 nitrogen and oxygen atoms in total. The van der Waals surface area contributed by atoms with Gasteiger partial charge in [-0.3, -0.25) is 0 Å². The van der Waals surface area contributed by atoms with E-state index in [-0.39, 0.29) is 17.7 Å². The molecule has 0 aliphatic carbocycles. The van der Waals surface area contributed by atoms with Gasteiger partial charge in [0.2, 0.25) is 0 Å². The van der Waals surface area contributed by atoms with E-state index in [1.807, 2.05) is 18.2 Å². The number of phenolic OH excluding ortho intramolecular Hbond substituents is 1. The van der Waals surface area contributed by atoms with Crippen LogP contribution >= 0.6 is 0 Å². The van der Waals surface area contributed by atoms with Crippen LogP contribution in [0, 0.1) is 0 Å². The third kappa shape index (κ3) is 8.25. The maximum absolute atomic E-state index is 11.8. The zero-order valence-electron chi connectivity index (χ0n) is 16.1. The first kappa shape index (κ1) is 21.5. The molecule has 0 aliphatic rings. The van der Waals surface area contributed by atoms with Crippen LogP contribution in [0.15, 0.2) is 54.6 Å². The van der Waals surface area contributed by atoms with Gasteiger partial charge in [0.25, 0.3) is 0 Å². The lowest BCUT2D eigenvalue weighted by molar-refractivity contribution is 0.0490. The van der Waals surface area contributed by atoms with E-state index in [0.29, 0.717) is 24.3 Å². The van der Waals surface area contributed by atoms with Crippen molar-refractivity contribution in [2.45, 2.75) is 44.9 Å². The standard InChI is InChI=1S/C23H28O5/c24-21-15-13-20(14-16-21)23(26)28-18-10-5-3-1-2-4-9-17-27-22(25)19-11-7-6-8-12-19/h6-8,11-16,24H,1-5,9-10,17-18H2. The Hall–Kier alpha value is -2.82. The number of ether oxygens (including phenoxy) is 2. The highest BCUT2D eigenvalue weighted by Crippen LogP contribution is 2.12. The molecule has 0 heterocycles. The lowest BCUT2D eigenvalue weighted by Gasteiger charge is -2.06. The first-order valence-electron chi connectivity index (χ1n) is 9.85. The van der Waals surface area contributed by atoms with Gasteiger partial charge in [0.05, 0.1) is 24.3 Å². The molecular formula is C23H28O5. The molecule has 0 fully saturated rings. The molecule has 0 amide bonds. The number of phenols is 1. The molecule has 0 unspecified atom stereocenters. The molecule has 1 N–H and O–H groups in total. The van der Waals surface area contributed by atoms with E-state index in [2.05, 4.69) is 0 Å². The van der Waals surface area contributed by atoms with E-state index in [1.165, 1.54) is 12.1 Å². The van der Waals surface area contributed by atoms with Crippen molar-refractivity contribution < 1.29 is 24.2 Å². The first-order valence-corrected chi connectivity index (χ1v) is 9.85. The van der Waals surface area contributed by atoms with Crippen molar-refractivity contribution in [3.05, 3.63) is 65.7 Å². The molecule has 150 valence electrons. The molecule has 0 atom stereocenters. The SMILES string of the molecule is O=C(OCCCCCCCCCOC(=O)c1ccc(O)cc1)c1ccccc1. The second-order valence-corrected chi connectivity index (χ2v) is 6.66. The predicted molar refractivity (Wildman–Crippen MR) is 107 cm³/mol. The molecular weight excluding hydrogens is 356 g/mol. The molecule has 28 heavy (non-hydrogen) atoms. The Morgan fingerprint density at radius 3 is 1.54 bits per heavy atom. The Balaban J connectivity index is 1.40. The highest BCUT2D eigenvalue weighted by atomic mass is 16.5. The van der Waals surface area contributed by atoms with Crippen LogP contribution in [0.4, 0.5) is 0 Å². The Morgan fingerprint density at radius 2 is 1.04 bits per heavy atom. The lowest BCUT2D eigenvalue weighted by atomic mass is 10.1. The van der Waals surface area contributed by atoms with Crippen LogP contribution in [-0.2, 0) is 9.47 Å². The fourth-order valence-electron chi connectivity index (χ4n) is 2.76. The van der Waals surface area contributed by atoms with Crippen LogP contribution < -0.4 is 0 Å². The van der Waals surface area contributed by atoms with E-state index in [1.54, 1.807) is 24.3 Å². The number of unbranched alkanes of at least 4 members (excludes halogenated alkanes) is 6. The van der Waals surface area contributed by atoms with Crippen molar-refractivity contribution in [2.24, 2.45) is 0 Å². The van der Waals surface area contributed by atoms with Crippen molar-refractivity contribution in [2.75, 3.05) is 13.2 Å². The average Bonchev–Trinajstić information content (AvgIpc) is 2.72. The van der Waals surface area contributed by atoms with Crippen molar-refractivity contribution in [3.63, 3.8) is 0 Å². The van der Waals surface area contributed by atoms with Gasteiger partial charge in [-0.25, -0.2) is 9.59 Å². The first-order chi connectivity index (χ1) is 13.7. The summed E-state index contributed by atoms with van der Waals surface area (Å²) in [5.74, 6) is -0.488. The summed E-state index contributed by atoms with van der Waals surface area (Å²) in [7, 11) is 0. The van der Waals surface area contributed by atoms with Crippen molar-refractivity contribution in [1.29, 1.82) is 0 Å². The molecule has 0 aliphatic heterocycles. The van der Waals surface area contributed by atoms with E-state index >= 15 is 0 Å². The Morgan fingerprint density at radius 1 is 0.607 bits per heavy atom. The maximum atomic E-state index is 11.8. The summed E-state index contributed by atoms with van der Waals surface area (Å²) in [6, 6.07) is 15.1. The Kier molecular flexibility index (Phi) is 9.62. The number of aromatic hydroxyl groups is 1. The molecule has 0 aromatic heterocycles. The van der Waals surface area contributed by atoms with E-state index in [9.17, 15) is 14.7 Å². The molecule has 0 radical (unpaired) electrons. The fourth-order valence-corrected chi connectivity index (χ4v) is 2.76. The van der Waals surface area contributed by atoms with E-state index < -0.39 is 0 Å². The minimum Gasteiger partial charge on any atom is -0.508 e. The van der Waals surface area contributed by atoms with Crippen LogP contribution in [0.1, 0.15) is 65.7 Å². The third-order valence-electron chi connectivity index (χ3n) is 4.37. The van der Waals surface area contributed by atoms with E-state index in [4.69, 9.17) is 9.47 Å². The summed E-state index contributed by atoms with van der Waals surface area (Å²) in [5, 5.41) is 9.20. The van der Waals surface area contributed by atoms with Gasteiger partial charge >= 0.3 is 11.9 Å². The largest absolute Gasteiger partial charge is 0.508 e. The number of benzene rings is 2. The van der Waals surface area contributed by atoms with Crippen LogP contribution in [0.3, 0.4) is 0 Å². The van der Waals surface area contributed by atoms with Crippen LogP contribution in [0.25, 0.3) is 0 Å². The van der Waals surface area contributed by atoms with E-state index in [0.717, 1.165) is 44.9 Å². The van der Waals surface area contributed by atoms with Gasteiger partial charge in [0.1, 0.15) is 5.75 Å². The second-order valence-electron chi connectivity index (χ2n) is 6.66. The molecule has 0 saturated carbocycles. The van der Waals surface area contributed by atoms with Gasteiger partial charge in [0, 0.05) is 0 Å². The third-order valence-corrected chi connectivity index (χ3v) is 4.37. The number of hydrogen-bond acceptors (Lipinski definition) is 5. The number of rotatable bonds is 12. The molecule has 2 aromatic rings. The van der Waals surface area contributed by atoms with Gasteiger partial charge < -0.3 is 14.6 Å². The van der Waals surface area contributed by atoms with Crippen LogP contribution in [-0.4, -0.2) is 30.3 Å². The Labute approximate surface area is 166 Å². The number of hydrogen-bond donors (Lipinski definition) is 1. The molecule has 0 saturated heterocycles. The molecule has 0 spiro atoms. The zero-order chi connectivity index (χ0) is 20.0. The maximum Gasteiger partial charge on any atom is 0.338 e. The van der Waals surface area contributed by atoms with Gasteiger partial charge in [-0.05, 0) is 49.2 Å². The Bertz CT molecular complexity index is 710. The lowest BCUT2D eigenvalue weighted by Crippen LogP contribution is -2.06. The fraction of sp³-hybridized carbons (Fsp3) is 0.391. The summed E-state index contributed by atoms with van der Waals surface area (Å²) in [6.07, 6.45) is 7.11. The summed E-state index contributed by atoms with van der Waals surface area (Å²) in [5.41, 5.74) is 1.04. The highest BCUT2D eigenvalue weighted by Gasteiger charge is 2.06. The van der Waals surface area contributed by atoms with Gasteiger partial charge in [-0.15, -0.1) is 0 Å². The van der Waals surface area contributed by atoms with Crippen LogP contribution in [0.5, 0.6) is 5.75 Å².